The highest BCUT2D eigenvalue weighted by Gasteiger charge is 2.20. The molecule has 0 unspecified atom stereocenters. The van der Waals surface area contributed by atoms with Crippen molar-refractivity contribution in [2.24, 2.45) is 0 Å². The minimum atomic E-state index is -0.422. The summed E-state index contributed by atoms with van der Waals surface area (Å²) in [6.45, 7) is 1.93. The molecule has 3 rings (SSSR count). The van der Waals surface area contributed by atoms with Gasteiger partial charge in [-0.25, -0.2) is 4.98 Å². The number of carbonyl (C=O) groups is 2. The number of rotatable bonds is 7. The molecule has 134 valence electrons. The number of ether oxygens (including phenoxy) is 1. The first-order valence-electron chi connectivity index (χ1n) is 8.16. The lowest BCUT2D eigenvalue weighted by Gasteiger charge is -2.21. The van der Waals surface area contributed by atoms with Gasteiger partial charge in [0, 0.05) is 5.69 Å². The highest BCUT2D eigenvalue weighted by Crippen LogP contribution is 2.29. The molecule has 0 spiro atoms. The van der Waals surface area contributed by atoms with Gasteiger partial charge in [-0.2, -0.15) is 0 Å². The maximum absolute atomic E-state index is 12.7. The van der Waals surface area contributed by atoms with Crippen molar-refractivity contribution in [1.29, 1.82) is 0 Å². The van der Waals surface area contributed by atoms with E-state index in [4.69, 9.17) is 4.74 Å². The number of para-hydroxylation sites is 2. The average molecular weight is 386 g/mol. The zero-order chi connectivity index (χ0) is 18.4. The molecular weight excluding hydrogens is 368 g/mol. The lowest BCUT2D eigenvalue weighted by Crippen LogP contribution is -2.37. The molecule has 3 aromatic rings. The fourth-order valence-electron chi connectivity index (χ4n) is 2.38. The Morgan fingerprint density at radius 2 is 1.85 bits per heavy atom. The van der Waals surface area contributed by atoms with Crippen molar-refractivity contribution in [2.45, 2.75) is 11.3 Å². The molecule has 0 aliphatic carbocycles. The molecule has 1 amide bonds. The molecule has 0 saturated heterocycles. The van der Waals surface area contributed by atoms with Gasteiger partial charge in [-0.3, -0.25) is 9.59 Å². The molecular formula is C19H18N2O3S2. The van der Waals surface area contributed by atoms with Gasteiger partial charge in [-0.1, -0.05) is 42.1 Å². The number of thioether (sulfide) groups is 1. The molecule has 7 heteroatoms. The summed E-state index contributed by atoms with van der Waals surface area (Å²) in [5, 5.41) is 0. The summed E-state index contributed by atoms with van der Waals surface area (Å²) in [5.41, 5.74) is 1.61. The summed E-state index contributed by atoms with van der Waals surface area (Å²) in [7, 11) is 0. The number of esters is 1. The quantitative estimate of drug-likeness (QED) is 0.454. The summed E-state index contributed by atoms with van der Waals surface area (Å²) in [5.74, 6) is -0.378. The molecule has 1 heterocycles. The van der Waals surface area contributed by atoms with E-state index in [9.17, 15) is 9.59 Å². The van der Waals surface area contributed by atoms with E-state index in [0.717, 1.165) is 14.6 Å². The topological polar surface area (TPSA) is 59.5 Å². The second-order valence-corrected chi connectivity index (χ2v) is 7.61. The van der Waals surface area contributed by atoms with Crippen LogP contribution in [0.5, 0.6) is 0 Å². The molecule has 0 saturated carbocycles. The maximum Gasteiger partial charge on any atom is 0.326 e. The fourth-order valence-corrected chi connectivity index (χ4v) is 4.33. The predicted octanol–water partition coefficient (Wildman–Crippen LogP) is 3.98. The van der Waals surface area contributed by atoms with Crippen molar-refractivity contribution >= 4 is 50.9 Å². The Morgan fingerprint density at radius 3 is 2.58 bits per heavy atom. The number of benzene rings is 2. The molecule has 0 aliphatic rings. The first kappa shape index (κ1) is 18.4. The van der Waals surface area contributed by atoms with E-state index in [1.807, 2.05) is 42.5 Å². The number of fused-ring (bicyclic) bond motifs is 1. The summed E-state index contributed by atoms with van der Waals surface area (Å²) >= 11 is 2.94. The van der Waals surface area contributed by atoms with Crippen LogP contribution >= 0.6 is 23.1 Å². The van der Waals surface area contributed by atoms with Crippen molar-refractivity contribution in [3.05, 3.63) is 54.6 Å². The normalized spacial score (nSPS) is 10.7. The van der Waals surface area contributed by atoms with Crippen molar-refractivity contribution in [1.82, 2.24) is 4.98 Å². The minimum Gasteiger partial charge on any atom is -0.465 e. The second-order valence-electron chi connectivity index (χ2n) is 5.36. The largest absolute Gasteiger partial charge is 0.465 e. The van der Waals surface area contributed by atoms with E-state index in [0.29, 0.717) is 5.69 Å². The lowest BCUT2D eigenvalue weighted by atomic mass is 10.3. The van der Waals surface area contributed by atoms with Gasteiger partial charge in [0.15, 0.2) is 4.34 Å². The van der Waals surface area contributed by atoms with Gasteiger partial charge in [0.2, 0.25) is 5.91 Å². The Bertz CT molecular complexity index is 863. The van der Waals surface area contributed by atoms with Crippen molar-refractivity contribution in [3.8, 4) is 0 Å². The summed E-state index contributed by atoms with van der Waals surface area (Å²) < 4.78 is 6.93. The third kappa shape index (κ3) is 4.62. The number of aromatic nitrogens is 1. The van der Waals surface area contributed by atoms with Gasteiger partial charge in [0.25, 0.3) is 0 Å². The van der Waals surface area contributed by atoms with E-state index >= 15 is 0 Å². The van der Waals surface area contributed by atoms with Crippen LogP contribution in [-0.4, -0.2) is 35.8 Å². The highest BCUT2D eigenvalue weighted by atomic mass is 32.2. The van der Waals surface area contributed by atoms with E-state index in [2.05, 4.69) is 4.98 Å². The van der Waals surface area contributed by atoms with E-state index in [1.54, 1.807) is 30.4 Å². The van der Waals surface area contributed by atoms with Crippen molar-refractivity contribution in [3.63, 3.8) is 0 Å². The Morgan fingerprint density at radius 1 is 1.12 bits per heavy atom. The summed E-state index contributed by atoms with van der Waals surface area (Å²) in [4.78, 5) is 30.6. The predicted molar refractivity (Wildman–Crippen MR) is 106 cm³/mol. The molecule has 0 N–H and O–H groups in total. The Hall–Kier alpha value is -2.38. The smallest absolute Gasteiger partial charge is 0.326 e. The minimum absolute atomic E-state index is 0.100. The molecule has 0 aliphatic heterocycles. The first-order valence-corrected chi connectivity index (χ1v) is 9.97. The Balaban J connectivity index is 1.71. The Kier molecular flexibility index (Phi) is 6.25. The molecule has 0 fully saturated rings. The number of nitrogens with zero attached hydrogens (tertiary/aromatic N) is 2. The number of thiazole rings is 1. The zero-order valence-corrected chi connectivity index (χ0v) is 15.9. The van der Waals surface area contributed by atoms with Crippen LogP contribution in [0.25, 0.3) is 10.2 Å². The van der Waals surface area contributed by atoms with E-state index in [1.165, 1.54) is 16.7 Å². The van der Waals surface area contributed by atoms with Gasteiger partial charge >= 0.3 is 5.97 Å². The van der Waals surface area contributed by atoms with Gasteiger partial charge in [-0.05, 0) is 31.2 Å². The monoisotopic (exact) mass is 386 g/mol. The third-order valence-electron chi connectivity index (χ3n) is 3.55. The van der Waals surface area contributed by atoms with Crippen LogP contribution in [-0.2, 0) is 14.3 Å². The zero-order valence-electron chi connectivity index (χ0n) is 14.3. The maximum atomic E-state index is 12.7. The highest BCUT2D eigenvalue weighted by molar-refractivity contribution is 8.01. The second kappa shape index (κ2) is 8.82. The molecule has 1 aromatic heterocycles. The number of hydrogen-bond donors (Lipinski definition) is 0. The van der Waals surface area contributed by atoms with Crippen LogP contribution < -0.4 is 4.90 Å². The molecule has 2 aromatic carbocycles. The van der Waals surface area contributed by atoms with Crippen molar-refractivity contribution < 1.29 is 14.3 Å². The van der Waals surface area contributed by atoms with Crippen LogP contribution in [0.2, 0.25) is 0 Å². The number of amides is 1. The SMILES string of the molecule is CCOC(=O)CN(C(=O)CSc1nc2ccccc2s1)c1ccccc1. The standard InChI is InChI=1S/C19H18N2O3S2/c1-2-24-18(23)12-21(14-8-4-3-5-9-14)17(22)13-25-19-20-15-10-6-7-11-16(15)26-19/h3-11H,2,12-13H2,1H3. The van der Waals surface area contributed by atoms with Crippen LogP contribution in [0.1, 0.15) is 6.92 Å². The Labute approximate surface area is 160 Å². The summed E-state index contributed by atoms with van der Waals surface area (Å²) in [6, 6.07) is 17.0. The van der Waals surface area contributed by atoms with Gasteiger partial charge < -0.3 is 9.64 Å². The number of anilines is 1. The van der Waals surface area contributed by atoms with Gasteiger partial charge in [0.05, 0.1) is 22.6 Å². The van der Waals surface area contributed by atoms with Crippen LogP contribution in [0.3, 0.4) is 0 Å². The van der Waals surface area contributed by atoms with E-state index < -0.39 is 5.97 Å². The average Bonchev–Trinajstić information content (AvgIpc) is 3.08. The number of carbonyl (C=O) groups excluding carboxylic acids is 2. The van der Waals surface area contributed by atoms with Crippen LogP contribution in [0.15, 0.2) is 58.9 Å². The van der Waals surface area contributed by atoms with Gasteiger partial charge in [-0.15, -0.1) is 11.3 Å². The molecule has 0 bridgehead atoms. The van der Waals surface area contributed by atoms with Crippen LogP contribution in [0, 0.1) is 0 Å². The molecule has 5 nitrogen and oxygen atoms in total. The fraction of sp³-hybridized carbons (Fsp3) is 0.211. The molecule has 26 heavy (non-hydrogen) atoms. The summed E-state index contributed by atoms with van der Waals surface area (Å²) in [6.07, 6.45) is 0. The van der Waals surface area contributed by atoms with Crippen LogP contribution in [0.4, 0.5) is 5.69 Å². The molecule has 0 radical (unpaired) electrons. The van der Waals surface area contributed by atoms with Crippen molar-refractivity contribution in [2.75, 3.05) is 23.8 Å². The van der Waals surface area contributed by atoms with Gasteiger partial charge in [0.1, 0.15) is 6.54 Å². The van der Waals surface area contributed by atoms with E-state index in [-0.39, 0.29) is 24.8 Å². The molecule has 0 atom stereocenters. The lowest BCUT2D eigenvalue weighted by molar-refractivity contribution is -0.142. The third-order valence-corrected chi connectivity index (χ3v) is 5.72. The first-order chi connectivity index (χ1) is 12.7. The number of hydrogen-bond acceptors (Lipinski definition) is 6.